The topological polar surface area (TPSA) is 24.5 Å². The van der Waals surface area contributed by atoms with Gasteiger partial charge in [-0.1, -0.05) is 0 Å². The van der Waals surface area contributed by atoms with Gasteiger partial charge in [0.2, 0.25) is 0 Å². The molecule has 3 aliphatic rings. The van der Waals surface area contributed by atoms with E-state index >= 15 is 0 Å². The van der Waals surface area contributed by atoms with E-state index in [0.717, 1.165) is 25.2 Å². The molecule has 0 amide bonds. The fraction of sp³-hybridized carbons (Fsp3) is 1.00. The molecule has 1 saturated carbocycles. The second-order valence-corrected chi connectivity index (χ2v) is 6.06. The molecule has 0 aromatic carbocycles. The molecular weight excluding hydrogens is 212 g/mol. The van der Waals surface area contributed by atoms with Crippen LogP contribution >= 0.6 is 0 Å². The van der Waals surface area contributed by atoms with Gasteiger partial charge in [0.25, 0.3) is 0 Å². The molecule has 1 aliphatic carbocycles. The second-order valence-electron chi connectivity index (χ2n) is 6.06. The van der Waals surface area contributed by atoms with Crippen LogP contribution in [-0.2, 0) is 4.74 Å². The van der Waals surface area contributed by atoms with Crippen LogP contribution in [0, 0.1) is 5.92 Å². The number of rotatable bonds is 4. The summed E-state index contributed by atoms with van der Waals surface area (Å²) in [5, 5.41) is 3.69. The van der Waals surface area contributed by atoms with E-state index in [1.165, 1.54) is 58.2 Å². The Balaban J connectivity index is 1.44. The van der Waals surface area contributed by atoms with Crippen LogP contribution in [0.5, 0.6) is 0 Å². The summed E-state index contributed by atoms with van der Waals surface area (Å²) < 4.78 is 5.62. The lowest BCUT2D eigenvalue weighted by Crippen LogP contribution is -2.48. The normalized spacial score (nSPS) is 36.0. The van der Waals surface area contributed by atoms with Gasteiger partial charge in [0, 0.05) is 25.2 Å². The van der Waals surface area contributed by atoms with E-state index in [-0.39, 0.29) is 0 Å². The molecule has 1 N–H and O–H groups in total. The van der Waals surface area contributed by atoms with Gasteiger partial charge in [-0.3, -0.25) is 4.90 Å². The molecule has 0 bridgehead atoms. The smallest absolute Gasteiger partial charge is 0.0621 e. The van der Waals surface area contributed by atoms with E-state index in [1.807, 2.05) is 0 Å². The summed E-state index contributed by atoms with van der Waals surface area (Å²) in [4.78, 5) is 2.70. The average molecular weight is 238 g/mol. The lowest BCUT2D eigenvalue weighted by atomic mass is 9.95. The van der Waals surface area contributed by atoms with Crippen molar-refractivity contribution in [3.63, 3.8) is 0 Å². The Morgan fingerprint density at radius 2 is 2.06 bits per heavy atom. The van der Waals surface area contributed by atoms with Crippen molar-refractivity contribution in [1.82, 2.24) is 10.2 Å². The molecule has 2 unspecified atom stereocenters. The van der Waals surface area contributed by atoms with Crippen molar-refractivity contribution in [3.05, 3.63) is 0 Å². The van der Waals surface area contributed by atoms with Crippen LogP contribution in [0.2, 0.25) is 0 Å². The summed E-state index contributed by atoms with van der Waals surface area (Å²) in [6, 6.07) is 1.58. The molecule has 2 saturated heterocycles. The largest absolute Gasteiger partial charge is 0.380 e. The fourth-order valence-electron chi connectivity index (χ4n) is 3.23. The third-order valence-electron chi connectivity index (χ3n) is 4.48. The lowest BCUT2D eigenvalue weighted by Gasteiger charge is -2.39. The number of piperidine rings is 1. The molecule has 2 aliphatic heterocycles. The summed E-state index contributed by atoms with van der Waals surface area (Å²) in [5.41, 5.74) is 0. The number of ether oxygens (including phenoxy) is 1. The van der Waals surface area contributed by atoms with Crippen LogP contribution in [0.3, 0.4) is 0 Å². The molecule has 98 valence electrons. The van der Waals surface area contributed by atoms with Crippen LogP contribution in [0.25, 0.3) is 0 Å². The van der Waals surface area contributed by atoms with E-state index < -0.39 is 0 Å². The first kappa shape index (κ1) is 11.9. The predicted molar refractivity (Wildman–Crippen MR) is 69.2 cm³/mol. The molecule has 0 aromatic rings. The van der Waals surface area contributed by atoms with Gasteiger partial charge in [0.1, 0.15) is 0 Å². The Kier molecular flexibility index (Phi) is 3.99. The first-order chi connectivity index (χ1) is 8.42. The number of hydrogen-bond donors (Lipinski definition) is 1. The van der Waals surface area contributed by atoms with E-state index in [1.54, 1.807) is 0 Å². The van der Waals surface area contributed by atoms with Crippen LogP contribution in [0.15, 0.2) is 0 Å². The Bertz CT molecular complexity index is 236. The highest BCUT2D eigenvalue weighted by atomic mass is 16.5. The van der Waals surface area contributed by atoms with Crippen molar-refractivity contribution < 1.29 is 4.74 Å². The van der Waals surface area contributed by atoms with E-state index in [0.29, 0.717) is 6.04 Å². The van der Waals surface area contributed by atoms with Gasteiger partial charge in [-0.25, -0.2) is 0 Å². The third-order valence-corrected chi connectivity index (χ3v) is 4.48. The van der Waals surface area contributed by atoms with Crippen molar-refractivity contribution in [2.45, 2.75) is 50.6 Å². The molecule has 2 heterocycles. The monoisotopic (exact) mass is 238 g/mol. The summed E-state index contributed by atoms with van der Waals surface area (Å²) in [7, 11) is 0. The minimum absolute atomic E-state index is 0.715. The fourth-order valence-corrected chi connectivity index (χ4v) is 3.23. The van der Waals surface area contributed by atoms with Crippen molar-refractivity contribution in [2.24, 2.45) is 5.92 Å². The van der Waals surface area contributed by atoms with Gasteiger partial charge in [-0.2, -0.15) is 0 Å². The van der Waals surface area contributed by atoms with Gasteiger partial charge in [0.05, 0.1) is 6.61 Å². The molecule has 3 heteroatoms. The zero-order valence-electron chi connectivity index (χ0n) is 10.9. The first-order valence-electron chi connectivity index (χ1n) is 7.47. The first-order valence-corrected chi connectivity index (χ1v) is 7.47. The SMILES string of the molecule is C1COCC(N2CCCC(CNC3CC3)C2)C1. The maximum atomic E-state index is 5.62. The van der Waals surface area contributed by atoms with Crippen LogP contribution in [0.1, 0.15) is 38.5 Å². The van der Waals surface area contributed by atoms with Crippen molar-refractivity contribution in [2.75, 3.05) is 32.8 Å². The molecular formula is C14H26N2O. The zero-order valence-corrected chi connectivity index (χ0v) is 10.9. The van der Waals surface area contributed by atoms with Crippen LogP contribution in [0.4, 0.5) is 0 Å². The standard InChI is InChI=1S/C14H26N2O/c1-3-12(9-15-13-5-6-13)10-16(7-1)14-4-2-8-17-11-14/h12-15H,1-11H2. The summed E-state index contributed by atoms with van der Waals surface area (Å²) >= 11 is 0. The quantitative estimate of drug-likeness (QED) is 0.805. The molecule has 3 rings (SSSR count). The highest BCUT2D eigenvalue weighted by molar-refractivity contribution is 4.85. The molecule has 0 spiro atoms. The Morgan fingerprint density at radius 3 is 2.82 bits per heavy atom. The summed E-state index contributed by atoms with van der Waals surface area (Å²) in [5.74, 6) is 0.881. The number of likely N-dealkylation sites (tertiary alicyclic amines) is 1. The second kappa shape index (κ2) is 5.68. The molecule has 3 nitrogen and oxygen atoms in total. The van der Waals surface area contributed by atoms with Gasteiger partial charge in [-0.05, 0) is 57.5 Å². The predicted octanol–water partition coefficient (Wildman–Crippen LogP) is 1.63. The number of hydrogen-bond acceptors (Lipinski definition) is 3. The highest BCUT2D eigenvalue weighted by Crippen LogP contribution is 2.24. The molecule has 0 aromatic heterocycles. The van der Waals surface area contributed by atoms with Gasteiger partial charge in [-0.15, -0.1) is 0 Å². The Hall–Kier alpha value is -0.120. The van der Waals surface area contributed by atoms with Crippen LogP contribution in [-0.4, -0.2) is 49.8 Å². The van der Waals surface area contributed by atoms with Crippen molar-refractivity contribution >= 4 is 0 Å². The molecule has 17 heavy (non-hydrogen) atoms. The lowest BCUT2D eigenvalue weighted by molar-refractivity contribution is 0.00175. The Morgan fingerprint density at radius 1 is 1.12 bits per heavy atom. The van der Waals surface area contributed by atoms with Gasteiger partial charge < -0.3 is 10.1 Å². The molecule has 0 radical (unpaired) electrons. The van der Waals surface area contributed by atoms with Crippen molar-refractivity contribution in [3.8, 4) is 0 Å². The summed E-state index contributed by atoms with van der Waals surface area (Å²) in [6.45, 7) is 5.80. The molecule has 3 fully saturated rings. The number of nitrogens with zero attached hydrogens (tertiary/aromatic N) is 1. The Labute approximate surface area is 105 Å². The number of nitrogens with one attached hydrogen (secondary N) is 1. The average Bonchev–Trinajstić information content (AvgIpc) is 3.22. The molecule has 2 atom stereocenters. The highest BCUT2D eigenvalue weighted by Gasteiger charge is 2.28. The van der Waals surface area contributed by atoms with Gasteiger partial charge >= 0.3 is 0 Å². The maximum absolute atomic E-state index is 5.62. The van der Waals surface area contributed by atoms with E-state index in [2.05, 4.69) is 10.2 Å². The van der Waals surface area contributed by atoms with Crippen molar-refractivity contribution in [1.29, 1.82) is 0 Å². The minimum Gasteiger partial charge on any atom is -0.380 e. The third kappa shape index (κ3) is 3.43. The maximum Gasteiger partial charge on any atom is 0.0621 e. The van der Waals surface area contributed by atoms with Crippen LogP contribution < -0.4 is 5.32 Å². The minimum atomic E-state index is 0.715. The summed E-state index contributed by atoms with van der Waals surface area (Å²) in [6.07, 6.45) is 8.23. The van der Waals surface area contributed by atoms with E-state index in [4.69, 9.17) is 4.74 Å². The van der Waals surface area contributed by atoms with Gasteiger partial charge in [0.15, 0.2) is 0 Å². The zero-order chi connectivity index (χ0) is 11.5. The van der Waals surface area contributed by atoms with E-state index in [9.17, 15) is 0 Å².